The molecule has 0 fully saturated rings. The van der Waals surface area contributed by atoms with Crippen molar-refractivity contribution >= 4 is 11.6 Å². The van der Waals surface area contributed by atoms with Crippen LogP contribution >= 0.6 is 11.6 Å². The van der Waals surface area contributed by atoms with E-state index in [4.69, 9.17) is 11.6 Å². The predicted molar refractivity (Wildman–Crippen MR) is 115 cm³/mol. The summed E-state index contributed by atoms with van der Waals surface area (Å²) >= 11 is 6.11. The zero-order valence-corrected chi connectivity index (χ0v) is 17.9. The summed E-state index contributed by atoms with van der Waals surface area (Å²) in [4.78, 5) is 0. The zero-order valence-electron chi connectivity index (χ0n) is 17.1. The van der Waals surface area contributed by atoms with Crippen molar-refractivity contribution in [2.75, 3.05) is 0 Å². The molecule has 0 unspecified atom stereocenters. The van der Waals surface area contributed by atoms with Crippen LogP contribution in [-0.2, 0) is 12.3 Å². The Kier molecular flexibility index (Phi) is 15.4. The Hall–Kier alpha value is -0.530. The van der Waals surface area contributed by atoms with Crippen molar-refractivity contribution in [2.24, 2.45) is 0 Å². The van der Waals surface area contributed by atoms with Crippen molar-refractivity contribution in [2.45, 2.75) is 110 Å². The largest absolute Gasteiger partial charge is 0.344 e. The molecule has 0 atom stereocenters. The highest BCUT2D eigenvalue weighted by Crippen LogP contribution is 2.22. The molecule has 0 radical (unpaired) electrons. The number of alkyl halides is 1. The smallest absolute Gasteiger partial charge is 0.0476 e. The predicted octanol–water partition coefficient (Wildman–Crippen LogP) is 8.45. The van der Waals surface area contributed by atoms with Gasteiger partial charge in [-0.3, -0.25) is 0 Å². The van der Waals surface area contributed by atoms with Gasteiger partial charge in [0.25, 0.3) is 0 Å². The highest BCUT2D eigenvalue weighted by Gasteiger charge is 2.07. The third-order valence-corrected chi connectivity index (χ3v) is 5.68. The second kappa shape index (κ2) is 15.7. The van der Waals surface area contributed by atoms with Crippen molar-refractivity contribution in [3.8, 4) is 0 Å². The number of halogens is 1. The standard InChI is InChI=1S/C23H39Cl.H3N/c1-4-5-6-7-8-9-10-11-12-13-14-15-16-23-21(3)20(2)17-18-22(23)19-24;/h17-18H,4-16,19H2,1-3H3;1H3. The molecule has 25 heavy (non-hydrogen) atoms. The zero-order chi connectivity index (χ0) is 17.6. The third-order valence-electron chi connectivity index (χ3n) is 5.39. The molecule has 0 heterocycles. The summed E-state index contributed by atoms with van der Waals surface area (Å²) in [6.07, 6.45) is 18.2. The lowest BCUT2D eigenvalue weighted by atomic mass is 9.94. The number of hydrogen-bond acceptors (Lipinski definition) is 1. The maximum Gasteiger partial charge on any atom is 0.0476 e. The molecule has 0 saturated heterocycles. The molecular formula is C23H42ClN. The van der Waals surface area contributed by atoms with Crippen LogP contribution < -0.4 is 6.15 Å². The second-order valence-corrected chi connectivity index (χ2v) is 7.69. The first-order valence-electron chi connectivity index (χ1n) is 10.3. The van der Waals surface area contributed by atoms with E-state index < -0.39 is 0 Å². The van der Waals surface area contributed by atoms with Gasteiger partial charge in [0.2, 0.25) is 0 Å². The van der Waals surface area contributed by atoms with Crippen LogP contribution in [0.1, 0.15) is 106 Å². The fraction of sp³-hybridized carbons (Fsp3) is 0.739. The minimum absolute atomic E-state index is 0. The van der Waals surface area contributed by atoms with Crippen molar-refractivity contribution in [3.63, 3.8) is 0 Å². The molecule has 1 nitrogen and oxygen atoms in total. The Bertz CT molecular complexity index is 442. The summed E-state index contributed by atoms with van der Waals surface area (Å²) in [5.41, 5.74) is 5.70. The lowest BCUT2D eigenvalue weighted by Crippen LogP contribution is -1.98. The van der Waals surface area contributed by atoms with Crippen molar-refractivity contribution in [3.05, 3.63) is 34.4 Å². The molecule has 0 spiro atoms. The van der Waals surface area contributed by atoms with E-state index in [0.29, 0.717) is 5.88 Å². The number of benzene rings is 1. The molecular weight excluding hydrogens is 326 g/mol. The summed E-state index contributed by atoms with van der Waals surface area (Å²) in [5.74, 6) is 0.648. The molecule has 1 rings (SSSR count). The molecule has 0 aromatic heterocycles. The van der Waals surface area contributed by atoms with Gasteiger partial charge in [-0.1, -0.05) is 89.7 Å². The average molecular weight is 368 g/mol. The highest BCUT2D eigenvalue weighted by molar-refractivity contribution is 6.17. The van der Waals surface area contributed by atoms with Crippen LogP contribution in [0.25, 0.3) is 0 Å². The first-order valence-corrected chi connectivity index (χ1v) is 10.9. The van der Waals surface area contributed by atoms with Gasteiger partial charge in [-0.25, -0.2) is 0 Å². The molecule has 0 saturated carbocycles. The maximum atomic E-state index is 6.11. The van der Waals surface area contributed by atoms with Gasteiger partial charge in [-0.05, 0) is 48.9 Å². The van der Waals surface area contributed by atoms with Gasteiger partial charge in [0.15, 0.2) is 0 Å². The summed E-state index contributed by atoms with van der Waals surface area (Å²) in [5, 5.41) is 0. The van der Waals surface area contributed by atoms with Crippen LogP contribution in [0, 0.1) is 13.8 Å². The molecule has 1 aromatic rings. The van der Waals surface area contributed by atoms with Crippen LogP contribution in [0.15, 0.2) is 12.1 Å². The van der Waals surface area contributed by atoms with Crippen molar-refractivity contribution in [1.82, 2.24) is 6.15 Å². The fourth-order valence-electron chi connectivity index (χ4n) is 3.55. The molecule has 0 aliphatic carbocycles. The average Bonchev–Trinajstić information content (AvgIpc) is 2.59. The lowest BCUT2D eigenvalue weighted by Gasteiger charge is -2.13. The number of aryl methyl sites for hydroxylation is 1. The van der Waals surface area contributed by atoms with Gasteiger partial charge < -0.3 is 6.15 Å². The molecule has 146 valence electrons. The van der Waals surface area contributed by atoms with Crippen LogP contribution in [0.3, 0.4) is 0 Å². The Balaban J connectivity index is 0.00000576. The van der Waals surface area contributed by atoms with E-state index >= 15 is 0 Å². The van der Waals surface area contributed by atoms with Gasteiger partial charge in [-0.15, -0.1) is 11.6 Å². The first kappa shape index (κ1) is 24.5. The van der Waals surface area contributed by atoms with Gasteiger partial charge in [-0.2, -0.15) is 0 Å². The van der Waals surface area contributed by atoms with Crippen LogP contribution in [0.2, 0.25) is 0 Å². The lowest BCUT2D eigenvalue weighted by molar-refractivity contribution is 0.544. The summed E-state index contributed by atoms with van der Waals surface area (Å²) in [6.45, 7) is 6.75. The SMILES string of the molecule is CCCCCCCCCCCCCCc1c(CCl)ccc(C)c1C.N. The van der Waals surface area contributed by atoms with Crippen molar-refractivity contribution < 1.29 is 0 Å². The molecule has 0 amide bonds. The topological polar surface area (TPSA) is 35.0 Å². The number of hydrogen-bond donors (Lipinski definition) is 1. The van der Waals surface area contributed by atoms with E-state index in [9.17, 15) is 0 Å². The highest BCUT2D eigenvalue weighted by atomic mass is 35.5. The quantitative estimate of drug-likeness (QED) is 0.259. The van der Waals surface area contributed by atoms with Crippen LogP contribution in [0.5, 0.6) is 0 Å². The Morgan fingerprint density at radius 1 is 0.720 bits per heavy atom. The van der Waals surface area contributed by atoms with E-state index in [2.05, 4.69) is 32.9 Å². The van der Waals surface area contributed by atoms with E-state index in [0.717, 1.165) is 0 Å². The van der Waals surface area contributed by atoms with Gasteiger partial charge in [0.1, 0.15) is 0 Å². The molecule has 0 bridgehead atoms. The molecule has 3 N–H and O–H groups in total. The minimum Gasteiger partial charge on any atom is -0.344 e. The monoisotopic (exact) mass is 367 g/mol. The van der Waals surface area contributed by atoms with Gasteiger partial charge in [0, 0.05) is 5.88 Å². The van der Waals surface area contributed by atoms with Crippen LogP contribution in [-0.4, -0.2) is 0 Å². The fourth-order valence-corrected chi connectivity index (χ4v) is 3.80. The molecule has 0 aliphatic heterocycles. The van der Waals surface area contributed by atoms with Crippen LogP contribution in [0.4, 0.5) is 0 Å². The molecule has 1 aromatic carbocycles. The van der Waals surface area contributed by atoms with E-state index in [-0.39, 0.29) is 6.15 Å². The van der Waals surface area contributed by atoms with Gasteiger partial charge in [0.05, 0.1) is 0 Å². The Labute approximate surface area is 162 Å². The van der Waals surface area contributed by atoms with Crippen molar-refractivity contribution in [1.29, 1.82) is 0 Å². The maximum absolute atomic E-state index is 6.11. The van der Waals surface area contributed by atoms with E-state index in [1.54, 1.807) is 0 Å². The molecule has 0 aliphatic rings. The van der Waals surface area contributed by atoms with E-state index in [1.165, 1.54) is 106 Å². The second-order valence-electron chi connectivity index (χ2n) is 7.42. The van der Waals surface area contributed by atoms with Gasteiger partial charge >= 0.3 is 0 Å². The summed E-state index contributed by atoms with van der Waals surface area (Å²) < 4.78 is 0. The Morgan fingerprint density at radius 2 is 1.20 bits per heavy atom. The molecule has 2 heteroatoms. The number of rotatable bonds is 14. The third kappa shape index (κ3) is 10.3. The summed E-state index contributed by atoms with van der Waals surface area (Å²) in [7, 11) is 0. The minimum atomic E-state index is 0. The first-order chi connectivity index (χ1) is 11.7. The van der Waals surface area contributed by atoms with E-state index in [1.807, 2.05) is 0 Å². The summed E-state index contributed by atoms with van der Waals surface area (Å²) in [6, 6.07) is 4.42. The normalized spacial score (nSPS) is 10.7. The number of unbranched alkanes of at least 4 members (excludes halogenated alkanes) is 11. The Morgan fingerprint density at radius 3 is 1.68 bits per heavy atom.